The maximum Gasteiger partial charge on any atom is 0.255 e. The summed E-state index contributed by atoms with van der Waals surface area (Å²) < 4.78 is 0. The second-order valence-electron chi connectivity index (χ2n) is 10.9. The van der Waals surface area contributed by atoms with Crippen LogP contribution < -0.4 is 10.6 Å². The van der Waals surface area contributed by atoms with Gasteiger partial charge in [-0.15, -0.1) is 0 Å². The lowest BCUT2D eigenvalue weighted by Crippen LogP contribution is -2.55. The number of amides is 2. The number of nitrogens with zero attached hydrogens (tertiary/aromatic N) is 1. The highest BCUT2D eigenvalue weighted by atomic mass is 32.1. The molecule has 0 spiro atoms. The molecule has 0 radical (unpaired) electrons. The van der Waals surface area contributed by atoms with Gasteiger partial charge < -0.3 is 15.5 Å². The largest absolute Gasteiger partial charge is 0.339 e. The predicted molar refractivity (Wildman–Crippen MR) is 130 cm³/mol. The van der Waals surface area contributed by atoms with E-state index in [1.165, 1.54) is 38.5 Å². The number of benzene rings is 1. The molecule has 6 rings (SSSR count). The molecule has 5 aliphatic carbocycles. The van der Waals surface area contributed by atoms with E-state index in [0.717, 1.165) is 32.1 Å². The topological polar surface area (TPSA) is 61.4 Å². The van der Waals surface area contributed by atoms with E-state index in [1.807, 2.05) is 36.2 Å². The van der Waals surface area contributed by atoms with Gasteiger partial charge in [0.25, 0.3) is 5.91 Å². The van der Waals surface area contributed by atoms with E-state index in [0.29, 0.717) is 40.2 Å². The number of hydrogen-bond donors (Lipinski definition) is 2. The molecule has 0 aliphatic heterocycles. The summed E-state index contributed by atoms with van der Waals surface area (Å²) >= 11 is 5.54. The van der Waals surface area contributed by atoms with Crippen molar-refractivity contribution in [3.05, 3.63) is 29.8 Å². The molecule has 0 heterocycles. The van der Waals surface area contributed by atoms with Crippen LogP contribution in [0.15, 0.2) is 24.3 Å². The van der Waals surface area contributed by atoms with Gasteiger partial charge in [-0.25, -0.2) is 0 Å². The molecule has 0 atom stereocenters. The van der Waals surface area contributed by atoms with Crippen molar-refractivity contribution in [2.75, 3.05) is 12.4 Å². The zero-order chi connectivity index (χ0) is 22.3. The molecule has 5 fully saturated rings. The normalized spacial score (nSPS) is 31.2. The van der Waals surface area contributed by atoms with Crippen molar-refractivity contribution in [2.24, 2.45) is 23.2 Å². The second-order valence-corrected chi connectivity index (χ2v) is 11.3. The van der Waals surface area contributed by atoms with Gasteiger partial charge >= 0.3 is 0 Å². The van der Waals surface area contributed by atoms with E-state index >= 15 is 0 Å². The number of hydrogen-bond acceptors (Lipinski definition) is 3. The smallest absolute Gasteiger partial charge is 0.255 e. The minimum atomic E-state index is -0.239. The van der Waals surface area contributed by atoms with Crippen molar-refractivity contribution in [1.29, 1.82) is 0 Å². The Morgan fingerprint density at radius 2 is 1.56 bits per heavy atom. The highest BCUT2D eigenvalue weighted by Gasteiger charge is 2.54. The van der Waals surface area contributed by atoms with Gasteiger partial charge in [-0.3, -0.25) is 9.59 Å². The third-order valence-corrected chi connectivity index (χ3v) is 8.80. The van der Waals surface area contributed by atoms with Gasteiger partial charge in [0.05, 0.1) is 16.7 Å². The molecule has 2 N–H and O–H groups in total. The second kappa shape index (κ2) is 8.77. The van der Waals surface area contributed by atoms with Gasteiger partial charge in [0, 0.05) is 13.1 Å². The predicted octanol–water partition coefficient (Wildman–Crippen LogP) is 5.12. The summed E-state index contributed by atoms with van der Waals surface area (Å²) in [4.78, 5) is 28.5. The third kappa shape index (κ3) is 4.18. The molecule has 0 unspecified atom stereocenters. The highest BCUT2D eigenvalue weighted by molar-refractivity contribution is 7.80. The third-order valence-electron chi connectivity index (χ3n) is 8.60. The van der Waals surface area contributed by atoms with E-state index in [4.69, 9.17) is 12.2 Å². The lowest BCUT2D eigenvalue weighted by Gasteiger charge is -2.55. The SMILES string of the molecule is CN(C(=O)c1ccccc1NC(=S)NC(=O)C12CC3CC(CC(C3)C1)C2)C1CCCCC1. The molecule has 32 heavy (non-hydrogen) atoms. The maximum absolute atomic E-state index is 13.3. The summed E-state index contributed by atoms with van der Waals surface area (Å²) in [7, 11) is 1.91. The molecular formula is C26H35N3O2S. The first-order valence-corrected chi connectivity index (χ1v) is 12.8. The summed E-state index contributed by atoms with van der Waals surface area (Å²) in [6.07, 6.45) is 12.7. The number of rotatable bonds is 4. The summed E-state index contributed by atoms with van der Waals surface area (Å²) in [5, 5.41) is 6.46. The van der Waals surface area contributed by atoms with Crippen molar-refractivity contribution >= 4 is 34.8 Å². The van der Waals surface area contributed by atoms with Crippen LogP contribution in [-0.2, 0) is 4.79 Å². The Hall–Kier alpha value is -1.95. The molecule has 5 saturated carbocycles. The first-order chi connectivity index (χ1) is 15.4. The summed E-state index contributed by atoms with van der Waals surface area (Å²) in [6, 6.07) is 7.78. The van der Waals surface area contributed by atoms with Gasteiger partial charge in [0.15, 0.2) is 5.11 Å². The van der Waals surface area contributed by atoms with Crippen LogP contribution in [0.1, 0.15) is 81.0 Å². The average Bonchev–Trinajstić information content (AvgIpc) is 2.78. The Morgan fingerprint density at radius 3 is 2.19 bits per heavy atom. The molecule has 5 nitrogen and oxygen atoms in total. The molecule has 1 aromatic carbocycles. The van der Waals surface area contributed by atoms with Crippen LogP contribution in [-0.4, -0.2) is 34.9 Å². The fourth-order valence-corrected chi connectivity index (χ4v) is 7.58. The number of carbonyl (C=O) groups is 2. The Labute approximate surface area is 196 Å². The number of para-hydroxylation sites is 1. The minimum Gasteiger partial charge on any atom is -0.339 e. The quantitative estimate of drug-likeness (QED) is 0.621. The molecule has 0 saturated heterocycles. The lowest BCUT2D eigenvalue weighted by atomic mass is 9.49. The van der Waals surface area contributed by atoms with Crippen LogP contribution in [0.25, 0.3) is 0 Å². The van der Waals surface area contributed by atoms with Crippen LogP contribution in [0.5, 0.6) is 0 Å². The summed E-state index contributed by atoms with van der Waals surface area (Å²) in [6.45, 7) is 0. The maximum atomic E-state index is 13.3. The van der Waals surface area contributed by atoms with Crippen molar-refractivity contribution in [1.82, 2.24) is 10.2 Å². The molecule has 6 heteroatoms. The van der Waals surface area contributed by atoms with Crippen molar-refractivity contribution in [2.45, 2.75) is 76.7 Å². The monoisotopic (exact) mass is 453 g/mol. The van der Waals surface area contributed by atoms with Crippen molar-refractivity contribution in [3.63, 3.8) is 0 Å². The van der Waals surface area contributed by atoms with Crippen LogP contribution in [0, 0.1) is 23.2 Å². The van der Waals surface area contributed by atoms with E-state index < -0.39 is 0 Å². The van der Waals surface area contributed by atoms with Gasteiger partial charge in [0.1, 0.15) is 0 Å². The first-order valence-electron chi connectivity index (χ1n) is 12.4. The van der Waals surface area contributed by atoms with E-state index in [-0.39, 0.29) is 17.2 Å². The molecule has 4 bridgehead atoms. The Balaban J connectivity index is 1.25. The van der Waals surface area contributed by atoms with Crippen molar-refractivity contribution in [3.8, 4) is 0 Å². The van der Waals surface area contributed by atoms with Crippen LogP contribution in [0.4, 0.5) is 5.69 Å². The average molecular weight is 454 g/mol. The van der Waals surface area contributed by atoms with Crippen LogP contribution >= 0.6 is 12.2 Å². The zero-order valence-corrected chi connectivity index (χ0v) is 19.9. The number of anilines is 1. The zero-order valence-electron chi connectivity index (χ0n) is 19.1. The molecule has 172 valence electrons. The van der Waals surface area contributed by atoms with Gasteiger partial charge in [-0.05, 0) is 93.5 Å². The summed E-state index contributed by atoms with van der Waals surface area (Å²) in [5.74, 6) is 2.22. The molecule has 0 aromatic heterocycles. The van der Waals surface area contributed by atoms with Crippen LogP contribution in [0.2, 0.25) is 0 Å². The molecule has 5 aliphatic rings. The van der Waals surface area contributed by atoms with Crippen molar-refractivity contribution < 1.29 is 9.59 Å². The first kappa shape index (κ1) is 21.9. The molecule has 2 amide bonds. The molecule has 1 aromatic rings. The Kier molecular flexibility index (Phi) is 5.99. The van der Waals surface area contributed by atoms with E-state index in [2.05, 4.69) is 10.6 Å². The van der Waals surface area contributed by atoms with E-state index in [9.17, 15) is 9.59 Å². The Morgan fingerprint density at radius 1 is 0.969 bits per heavy atom. The lowest BCUT2D eigenvalue weighted by molar-refractivity contribution is -0.144. The fraction of sp³-hybridized carbons (Fsp3) is 0.654. The van der Waals surface area contributed by atoms with Gasteiger partial charge in [-0.2, -0.15) is 0 Å². The Bertz CT molecular complexity index is 873. The van der Waals surface area contributed by atoms with E-state index in [1.54, 1.807) is 0 Å². The van der Waals surface area contributed by atoms with Crippen LogP contribution in [0.3, 0.4) is 0 Å². The summed E-state index contributed by atoms with van der Waals surface area (Å²) in [5.41, 5.74) is 1.03. The fourth-order valence-electron chi connectivity index (χ4n) is 7.38. The standard InChI is InChI=1S/C26H35N3O2S/c1-29(20-7-3-2-4-8-20)23(30)21-9-5-6-10-22(21)27-25(32)28-24(31)26-14-17-11-18(15-26)13-19(12-17)16-26/h5-6,9-10,17-20H,2-4,7-8,11-16H2,1H3,(H2,27,28,31,32). The highest BCUT2D eigenvalue weighted by Crippen LogP contribution is 2.60. The molecular weight excluding hydrogens is 418 g/mol. The number of carbonyl (C=O) groups excluding carboxylic acids is 2. The van der Waals surface area contributed by atoms with Gasteiger partial charge in [0.2, 0.25) is 5.91 Å². The minimum absolute atomic E-state index is 0.00945. The number of nitrogens with one attached hydrogen (secondary N) is 2. The number of thiocarbonyl (C=S) groups is 1. The van der Waals surface area contributed by atoms with Gasteiger partial charge in [-0.1, -0.05) is 31.4 Å².